The number of benzene rings is 4. The van der Waals surface area contributed by atoms with Crippen molar-refractivity contribution < 1.29 is 28.5 Å². The topological polar surface area (TPSA) is 121 Å². The lowest BCUT2D eigenvalue weighted by Gasteiger charge is -2.34. The standard InChI is InChI=1S/C49H53N7O6/c1-50-36-10-8-9-33(21-36)35-23-39-29-52-43-27-47(45(60-4)25-41(43)49(58)56(39)31-35)62-20-7-5-6-19-61-46-26-42-40(24-44(46)59-3)48(57)55-30-34(22-38(55)28-51-42)32-11-13-37(14-12-32)54-17-15-53(2)16-18-54/h8-14,21,24-31,38-39,50H,5-7,15-20,22-23H2,1-4H3/t38-,39-/m0/s1. The molecule has 0 saturated carbocycles. The Kier molecular flexibility index (Phi) is 11.7. The maximum absolute atomic E-state index is 13.9. The fraction of sp³-hybridized carbons (Fsp3) is 0.347. The first-order valence-corrected chi connectivity index (χ1v) is 21.5. The molecule has 1 saturated heterocycles. The molecular formula is C49H53N7O6. The normalized spacial score (nSPS) is 19.2. The Bertz CT molecular complexity index is 2470. The highest BCUT2D eigenvalue weighted by molar-refractivity contribution is 6.06. The zero-order valence-electron chi connectivity index (χ0n) is 35.8. The maximum Gasteiger partial charge on any atom is 0.260 e. The zero-order chi connectivity index (χ0) is 42.7. The number of rotatable bonds is 14. The minimum Gasteiger partial charge on any atom is -0.493 e. The Morgan fingerprint density at radius 2 is 1.19 bits per heavy atom. The van der Waals surface area contributed by atoms with Crippen LogP contribution in [0.1, 0.15) is 63.9 Å². The number of carbonyl (C=O) groups is 2. The molecule has 1 N–H and O–H groups in total. The molecule has 0 unspecified atom stereocenters. The van der Waals surface area contributed by atoms with E-state index < -0.39 is 0 Å². The first kappa shape index (κ1) is 40.8. The van der Waals surface area contributed by atoms with Crippen LogP contribution in [0.2, 0.25) is 0 Å². The summed E-state index contributed by atoms with van der Waals surface area (Å²) in [7, 11) is 7.22. The second kappa shape index (κ2) is 17.8. The van der Waals surface area contributed by atoms with Crippen LogP contribution in [0.15, 0.2) is 95.2 Å². The van der Waals surface area contributed by atoms with Crippen molar-refractivity contribution in [2.75, 3.05) is 77.9 Å². The molecule has 0 spiro atoms. The second-order valence-corrected chi connectivity index (χ2v) is 16.3. The lowest BCUT2D eigenvalue weighted by molar-refractivity contribution is 0.0809. The Morgan fingerprint density at radius 3 is 1.73 bits per heavy atom. The van der Waals surface area contributed by atoms with Crippen LogP contribution >= 0.6 is 0 Å². The summed E-state index contributed by atoms with van der Waals surface area (Å²) >= 11 is 0. The molecule has 5 aliphatic heterocycles. The third kappa shape index (κ3) is 8.24. The lowest BCUT2D eigenvalue weighted by atomic mass is 10.0. The van der Waals surface area contributed by atoms with E-state index in [2.05, 4.69) is 58.6 Å². The Hall–Kier alpha value is -6.60. The highest BCUT2D eigenvalue weighted by atomic mass is 16.5. The average Bonchev–Trinajstić information content (AvgIpc) is 3.89. The number of unbranched alkanes of at least 4 members (excludes halogenated alkanes) is 2. The van der Waals surface area contributed by atoms with E-state index in [9.17, 15) is 9.59 Å². The molecule has 0 radical (unpaired) electrons. The summed E-state index contributed by atoms with van der Waals surface area (Å²) in [6.07, 6.45) is 11.4. The van der Waals surface area contributed by atoms with Crippen LogP contribution in [-0.2, 0) is 0 Å². The van der Waals surface area contributed by atoms with E-state index in [1.807, 2.05) is 44.0 Å². The van der Waals surface area contributed by atoms with Crippen molar-refractivity contribution in [1.82, 2.24) is 14.7 Å². The molecule has 9 rings (SSSR count). The molecule has 320 valence electrons. The summed E-state index contributed by atoms with van der Waals surface area (Å²) in [5.74, 6) is 1.83. The highest BCUT2D eigenvalue weighted by Crippen LogP contribution is 2.42. The molecule has 2 atom stereocenters. The fourth-order valence-electron chi connectivity index (χ4n) is 8.71. The fourth-order valence-corrected chi connectivity index (χ4v) is 8.71. The molecule has 0 aliphatic carbocycles. The van der Waals surface area contributed by atoms with Crippen LogP contribution in [0, 0.1) is 0 Å². The number of anilines is 2. The van der Waals surface area contributed by atoms with E-state index in [0.29, 0.717) is 71.6 Å². The number of methoxy groups -OCH3 is 2. The van der Waals surface area contributed by atoms with E-state index in [4.69, 9.17) is 28.9 Å². The van der Waals surface area contributed by atoms with Crippen molar-refractivity contribution in [3.63, 3.8) is 0 Å². The molecule has 1 fully saturated rings. The molecule has 13 nitrogen and oxygen atoms in total. The number of amides is 2. The number of hydrogen-bond donors (Lipinski definition) is 1. The number of aliphatic imine (C=N–C) groups is 2. The molecule has 5 aliphatic rings. The van der Waals surface area contributed by atoms with E-state index in [0.717, 1.165) is 73.4 Å². The van der Waals surface area contributed by atoms with Gasteiger partial charge in [-0.1, -0.05) is 24.3 Å². The molecule has 13 heteroatoms. The van der Waals surface area contributed by atoms with E-state index in [-0.39, 0.29) is 23.9 Å². The van der Waals surface area contributed by atoms with Gasteiger partial charge in [0.15, 0.2) is 23.0 Å². The van der Waals surface area contributed by atoms with Crippen molar-refractivity contribution in [1.29, 1.82) is 0 Å². The average molecular weight is 836 g/mol. The van der Waals surface area contributed by atoms with Gasteiger partial charge in [0, 0.05) is 94.4 Å². The number of ether oxygens (including phenoxy) is 4. The third-order valence-electron chi connectivity index (χ3n) is 12.4. The van der Waals surface area contributed by atoms with Gasteiger partial charge in [0.25, 0.3) is 11.8 Å². The van der Waals surface area contributed by atoms with Crippen LogP contribution in [-0.4, -0.2) is 119 Å². The Morgan fingerprint density at radius 1 is 0.645 bits per heavy atom. The van der Waals surface area contributed by atoms with Crippen molar-refractivity contribution in [2.45, 2.75) is 44.2 Å². The Balaban J connectivity index is 0.774. The number of nitrogens with one attached hydrogen (secondary N) is 1. The predicted octanol–water partition coefficient (Wildman–Crippen LogP) is 8.07. The van der Waals surface area contributed by atoms with Gasteiger partial charge in [0.1, 0.15) is 0 Å². The number of hydrogen-bond acceptors (Lipinski definition) is 11. The van der Waals surface area contributed by atoms with Gasteiger partial charge in [-0.05, 0) is 85.0 Å². The monoisotopic (exact) mass is 835 g/mol. The van der Waals surface area contributed by atoms with Gasteiger partial charge in [-0.3, -0.25) is 19.6 Å². The van der Waals surface area contributed by atoms with E-state index in [1.165, 1.54) is 5.69 Å². The first-order valence-electron chi connectivity index (χ1n) is 21.5. The van der Waals surface area contributed by atoms with Crippen molar-refractivity contribution in [3.05, 3.63) is 107 Å². The summed E-state index contributed by atoms with van der Waals surface area (Å²) in [6.45, 7) is 5.08. The van der Waals surface area contributed by atoms with Crippen molar-refractivity contribution in [3.8, 4) is 23.0 Å². The van der Waals surface area contributed by atoms with Crippen LogP contribution in [0.4, 0.5) is 22.7 Å². The van der Waals surface area contributed by atoms with Crippen LogP contribution in [0.25, 0.3) is 11.1 Å². The molecule has 4 aromatic carbocycles. The van der Waals surface area contributed by atoms with Gasteiger partial charge in [0.05, 0.1) is 62.0 Å². The van der Waals surface area contributed by atoms with E-state index >= 15 is 0 Å². The summed E-state index contributed by atoms with van der Waals surface area (Å²) in [5, 5.41) is 3.18. The summed E-state index contributed by atoms with van der Waals surface area (Å²) < 4.78 is 23.8. The summed E-state index contributed by atoms with van der Waals surface area (Å²) in [5.41, 5.74) is 8.72. The summed E-state index contributed by atoms with van der Waals surface area (Å²) in [4.78, 5) is 45.6. The smallest absolute Gasteiger partial charge is 0.260 e. The maximum atomic E-state index is 13.9. The van der Waals surface area contributed by atoms with Crippen molar-refractivity contribution in [2.24, 2.45) is 9.98 Å². The minimum atomic E-state index is -0.174. The van der Waals surface area contributed by atoms with Gasteiger partial charge in [-0.15, -0.1) is 0 Å². The van der Waals surface area contributed by atoms with E-state index in [1.54, 1.807) is 48.3 Å². The van der Waals surface area contributed by atoms with Crippen LogP contribution < -0.4 is 29.2 Å². The van der Waals surface area contributed by atoms with Gasteiger partial charge < -0.3 is 43.9 Å². The van der Waals surface area contributed by atoms with Gasteiger partial charge in [0.2, 0.25) is 0 Å². The molecule has 62 heavy (non-hydrogen) atoms. The number of piperazine rings is 1. The molecule has 4 aromatic rings. The van der Waals surface area contributed by atoms with Crippen LogP contribution in [0.3, 0.4) is 0 Å². The quantitative estimate of drug-likeness (QED) is 0.126. The molecule has 2 amide bonds. The van der Waals surface area contributed by atoms with Crippen LogP contribution in [0.5, 0.6) is 23.0 Å². The van der Waals surface area contributed by atoms with Crippen molar-refractivity contribution >= 4 is 58.1 Å². The lowest BCUT2D eigenvalue weighted by Crippen LogP contribution is -2.44. The number of likely N-dealkylation sites (N-methyl/N-ethyl adjacent to an activating group) is 1. The summed E-state index contributed by atoms with van der Waals surface area (Å²) in [6, 6.07) is 23.6. The Labute approximate surface area is 362 Å². The molecule has 5 heterocycles. The van der Waals surface area contributed by atoms with Gasteiger partial charge in [-0.2, -0.15) is 0 Å². The van der Waals surface area contributed by atoms with Gasteiger partial charge >= 0.3 is 0 Å². The number of nitrogens with zero attached hydrogens (tertiary/aromatic N) is 6. The largest absolute Gasteiger partial charge is 0.493 e. The highest BCUT2D eigenvalue weighted by Gasteiger charge is 2.35. The number of carbonyl (C=O) groups excluding carboxylic acids is 2. The zero-order valence-corrected chi connectivity index (χ0v) is 35.8. The van der Waals surface area contributed by atoms with Gasteiger partial charge in [-0.25, -0.2) is 0 Å². The molecule has 0 bridgehead atoms. The third-order valence-corrected chi connectivity index (χ3v) is 12.4. The SMILES string of the molecule is CNc1cccc(C2=CN3C(=O)c4cc(OC)c(OCCCCCOc5cc6c(cc5OC)C(=O)N5C=C(c7ccc(N8CCN(C)CC8)cc7)C[C@H]5C=N6)cc4N=C[C@@H]3C2)c1. The second-order valence-electron chi connectivity index (χ2n) is 16.3. The molecular weight excluding hydrogens is 783 g/mol. The molecule has 0 aromatic heterocycles. The first-order chi connectivity index (χ1) is 30.3. The predicted molar refractivity (Wildman–Crippen MR) is 244 cm³/mol. The number of fused-ring (bicyclic) bond motifs is 4. The minimum absolute atomic E-state index is 0.112.